The molecule has 1 aliphatic heterocycles. The first-order chi connectivity index (χ1) is 20.8. The van der Waals surface area contributed by atoms with E-state index in [4.69, 9.17) is 9.52 Å². The zero-order valence-corrected chi connectivity index (χ0v) is 24.7. The normalized spacial score (nSPS) is 20.9. The van der Waals surface area contributed by atoms with Gasteiger partial charge in [0.25, 0.3) is 11.9 Å². The van der Waals surface area contributed by atoms with Crippen LogP contribution < -0.4 is 10.2 Å². The minimum absolute atomic E-state index is 0.118. The maximum absolute atomic E-state index is 16.1. The van der Waals surface area contributed by atoms with Crippen molar-refractivity contribution in [2.24, 2.45) is 5.92 Å². The number of carboxylic acid groups (broad SMARTS) is 1. The lowest BCUT2D eigenvalue weighted by atomic mass is 9.77. The number of allylic oxidation sites excluding steroid dienone is 3. The van der Waals surface area contributed by atoms with Gasteiger partial charge in [0.2, 0.25) is 5.76 Å². The Morgan fingerprint density at radius 2 is 1.65 bits per heavy atom. The number of aromatic nitrogens is 1. The van der Waals surface area contributed by atoms with Gasteiger partial charge in [0.15, 0.2) is 5.67 Å². The highest BCUT2D eigenvalue weighted by molar-refractivity contribution is 6.03. The van der Waals surface area contributed by atoms with Crippen LogP contribution in [0.1, 0.15) is 91.1 Å². The van der Waals surface area contributed by atoms with Crippen LogP contribution in [0.3, 0.4) is 0 Å². The Balaban J connectivity index is 1.30. The minimum Gasteiger partial charge on any atom is -0.481 e. The quantitative estimate of drug-likeness (QED) is 0.234. The second-order valence-corrected chi connectivity index (χ2v) is 11.7. The van der Waals surface area contributed by atoms with Gasteiger partial charge >= 0.3 is 5.97 Å². The highest BCUT2D eigenvalue weighted by atomic mass is 19.1. The first-order valence-electron chi connectivity index (χ1n) is 15.2. The number of benzene rings is 2. The van der Waals surface area contributed by atoms with Gasteiger partial charge in [-0.15, -0.1) is 0 Å². The van der Waals surface area contributed by atoms with Crippen molar-refractivity contribution in [2.45, 2.75) is 69.4 Å². The molecule has 43 heavy (non-hydrogen) atoms. The molecule has 2 aromatic carbocycles. The number of aliphatic carboxylic acids is 1. The summed E-state index contributed by atoms with van der Waals surface area (Å²) in [5.41, 5.74) is 0.739. The largest absolute Gasteiger partial charge is 0.481 e. The fourth-order valence-electron chi connectivity index (χ4n) is 6.45. The number of amides is 1. The van der Waals surface area contributed by atoms with Crippen LogP contribution in [0.2, 0.25) is 0 Å². The van der Waals surface area contributed by atoms with Gasteiger partial charge in [0, 0.05) is 25.2 Å². The predicted octanol–water partition coefficient (Wildman–Crippen LogP) is 7.99. The van der Waals surface area contributed by atoms with Crippen molar-refractivity contribution in [2.75, 3.05) is 23.3 Å². The van der Waals surface area contributed by atoms with Crippen molar-refractivity contribution in [1.29, 1.82) is 0 Å². The Labute approximate surface area is 252 Å². The third-order valence-corrected chi connectivity index (χ3v) is 8.88. The summed E-state index contributed by atoms with van der Waals surface area (Å²) in [6.45, 7) is 6.73. The summed E-state index contributed by atoms with van der Waals surface area (Å²) in [6, 6.07) is 18.3. The molecule has 1 aliphatic carbocycles. The lowest BCUT2D eigenvalue weighted by Gasteiger charge is -2.31. The number of piperidine rings is 1. The molecule has 0 radical (unpaired) electrons. The molecule has 1 unspecified atom stereocenters. The smallest absolute Gasteiger partial charge is 0.303 e. The second kappa shape index (κ2) is 13.4. The van der Waals surface area contributed by atoms with E-state index in [9.17, 15) is 9.59 Å². The number of oxazole rings is 1. The molecule has 2 aliphatic rings. The molecule has 0 bridgehead atoms. The van der Waals surface area contributed by atoms with Crippen molar-refractivity contribution < 1.29 is 23.5 Å². The molecule has 2 fully saturated rings. The van der Waals surface area contributed by atoms with Gasteiger partial charge in [0.05, 0.1) is 0 Å². The van der Waals surface area contributed by atoms with Gasteiger partial charge in [-0.1, -0.05) is 55.1 Å². The fourth-order valence-corrected chi connectivity index (χ4v) is 6.45. The zero-order chi connectivity index (χ0) is 30.4. The first kappa shape index (κ1) is 30.3. The van der Waals surface area contributed by atoms with E-state index in [2.05, 4.69) is 29.0 Å². The van der Waals surface area contributed by atoms with Gasteiger partial charge in [-0.05, 0) is 98.6 Å². The van der Waals surface area contributed by atoms with Crippen molar-refractivity contribution >= 4 is 23.6 Å². The highest BCUT2D eigenvalue weighted by Crippen LogP contribution is 2.39. The van der Waals surface area contributed by atoms with Gasteiger partial charge in [-0.2, -0.15) is 4.98 Å². The molecule has 2 heterocycles. The molecule has 8 heteroatoms. The van der Waals surface area contributed by atoms with E-state index in [1.165, 1.54) is 11.6 Å². The number of hydrogen-bond donors (Lipinski definition) is 2. The van der Waals surface area contributed by atoms with Crippen molar-refractivity contribution in [3.05, 3.63) is 102 Å². The van der Waals surface area contributed by atoms with E-state index in [1.54, 1.807) is 13.0 Å². The Morgan fingerprint density at radius 3 is 2.26 bits per heavy atom. The van der Waals surface area contributed by atoms with Gasteiger partial charge in [-0.25, -0.2) is 4.39 Å². The Morgan fingerprint density at radius 1 is 1.02 bits per heavy atom. The molecule has 2 N–H and O–H groups in total. The lowest BCUT2D eigenvalue weighted by molar-refractivity contribution is -0.138. The summed E-state index contributed by atoms with van der Waals surface area (Å²) in [7, 11) is 0. The minimum atomic E-state index is -2.17. The van der Waals surface area contributed by atoms with Crippen LogP contribution in [0.15, 0.2) is 83.8 Å². The van der Waals surface area contributed by atoms with E-state index in [0.29, 0.717) is 30.6 Å². The first-order valence-corrected chi connectivity index (χ1v) is 15.2. The predicted molar refractivity (Wildman–Crippen MR) is 166 cm³/mol. The fraction of sp³-hybridized carbons (Fsp3) is 0.400. The molecule has 1 aromatic heterocycles. The molecule has 3 aromatic rings. The molecule has 1 atom stereocenters. The Bertz CT molecular complexity index is 1440. The van der Waals surface area contributed by atoms with Gasteiger partial charge in [-0.3, -0.25) is 9.59 Å². The summed E-state index contributed by atoms with van der Waals surface area (Å²) in [4.78, 5) is 31.0. The second-order valence-electron chi connectivity index (χ2n) is 11.7. The number of halogens is 1. The Hall–Kier alpha value is -4.20. The summed E-state index contributed by atoms with van der Waals surface area (Å²) < 4.78 is 22.1. The van der Waals surface area contributed by atoms with E-state index in [1.807, 2.05) is 47.4 Å². The number of anilines is 2. The van der Waals surface area contributed by atoms with E-state index in [0.717, 1.165) is 50.2 Å². The topological polar surface area (TPSA) is 95.7 Å². The number of carbonyl (C=O) groups is 2. The van der Waals surface area contributed by atoms with E-state index < -0.39 is 17.5 Å². The van der Waals surface area contributed by atoms with E-state index in [-0.39, 0.29) is 29.8 Å². The van der Waals surface area contributed by atoms with Crippen LogP contribution >= 0.6 is 0 Å². The number of rotatable bonds is 10. The third-order valence-electron chi connectivity index (χ3n) is 8.88. The van der Waals surface area contributed by atoms with Crippen LogP contribution in [-0.4, -0.2) is 35.1 Å². The number of hydrogen-bond acceptors (Lipinski definition) is 5. The number of alkyl halides is 1. The van der Waals surface area contributed by atoms with Crippen LogP contribution in [-0.2, 0) is 10.5 Å². The van der Waals surface area contributed by atoms with Crippen LogP contribution in [0, 0.1) is 5.92 Å². The van der Waals surface area contributed by atoms with E-state index >= 15 is 4.39 Å². The summed E-state index contributed by atoms with van der Waals surface area (Å²) >= 11 is 0. The molecular formula is C35H40FN3O4. The maximum Gasteiger partial charge on any atom is 0.303 e. The van der Waals surface area contributed by atoms with Gasteiger partial charge in [0.1, 0.15) is 5.69 Å². The molecule has 7 nitrogen and oxygen atoms in total. The maximum atomic E-state index is 16.1. The molecular weight excluding hydrogens is 545 g/mol. The Kier molecular flexibility index (Phi) is 9.43. The molecule has 226 valence electrons. The molecule has 1 amide bonds. The monoisotopic (exact) mass is 585 g/mol. The highest BCUT2D eigenvalue weighted by Gasteiger charge is 2.37. The average molecular weight is 586 g/mol. The van der Waals surface area contributed by atoms with Crippen LogP contribution in [0.4, 0.5) is 16.1 Å². The molecule has 5 rings (SSSR count). The van der Waals surface area contributed by atoms with Crippen molar-refractivity contribution in [1.82, 2.24) is 4.98 Å². The van der Waals surface area contributed by atoms with Crippen molar-refractivity contribution in [3.8, 4) is 0 Å². The summed E-state index contributed by atoms with van der Waals surface area (Å²) in [5, 5.41) is 11.9. The number of carbonyl (C=O) groups excluding carboxylic acids is 1. The third kappa shape index (κ3) is 7.07. The number of nitrogens with one attached hydrogen (secondary N) is 1. The van der Waals surface area contributed by atoms with Crippen LogP contribution in [0.5, 0.6) is 0 Å². The SMILES string of the molecule is C=CC(F)(C=CC)c1nc(N2CCC(c3ccccc3)CC2)oc1C(=O)Nc1ccc(C2CCC(CC(=O)O)CC2)cc1. The molecule has 0 spiro atoms. The summed E-state index contributed by atoms with van der Waals surface area (Å²) in [5.74, 6) is -0.463. The molecule has 1 saturated carbocycles. The summed E-state index contributed by atoms with van der Waals surface area (Å²) in [6.07, 6.45) is 9.73. The number of nitrogens with zero attached hydrogens (tertiary/aromatic N) is 2. The number of carboxylic acids is 1. The lowest BCUT2D eigenvalue weighted by Crippen LogP contribution is -2.33. The zero-order valence-electron chi connectivity index (χ0n) is 24.7. The van der Waals surface area contributed by atoms with Gasteiger partial charge < -0.3 is 19.7 Å². The standard InChI is InChI=1S/C35H40FN3O4/c1-3-20-35(36,4-2)32-31(43-34(38-32)39-21-18-28(19-22-39)25-8-6-5-7-9-25)33(42)37-29-16-14-27(15-17-29)26-12-10-24(11-13-26)23-30(40)41/h3-9,14-17,20,24,26,28H,2,10-13,18-19,21-23H2,1H3,(H,37,42)(H,40,41). The van der Waals surface area contributed by atoms with Crippen molar-refractivity contribution in [3.63, 3.8) is 0 Å². The molecule has 1 saturated heterocycles. The average Bonchev–Trinajstić information content (AvgIpc) is 3.49. The van der Waals surface area contributed by atoms with Crippen LogP contribution in [0.25, 0.3) is 0 Å².